The first-order valence-corrected chi connectivity index (χ1v) is 8.00. The van der Waals surface area contributed by atoms with Gasteiger partial charge in [0.15, 0.2) is 0 Å². The summed E-state index contributed by atoms with van der Waals surface area (Å²) in [5, 5.41) is 6.70. The van der Waals surface area contributed by atoms with Gasteiger partial charge < -0.3 is 5.32 Å². The maximum atomic E-state index is 12.1. The van der Waals surface area contributed by atoms with Crippen molar-refractivity contribution in [2.24, 2.45) is 10.5 Å². The molecule has 2 N–H and O–H groups in total. The Kier molecular flexibility index (Phi) is 5.49. The molecule has 1 aromatic rings. The van der Waals surface area contributed by atoms with Gasteiger partial charge in [-0.1, -0.05) is 32.0 Å². The lowest BCUT2D eigenvalue weighted by Crippen LogP contribution is -2.43. The SMILES string of the molecule is C[C@H](NC(=O)c1ccccc1)C(=O)N/N=C1/CC(=O)CC(C)(C)C1. The smallest absolute Gasteiger partial charge is 0.262 e. The minimum Gasteiger partial charge on any atom is -0.340 e. The lowest BCUT2D eigenvalue weighted by Gasteiger charge is -2.29. The molecular formula is C18H23N3O3. The van der Waals surface area contributed by atoms with Crippen molar-refractivity contribution < 1.29 is 14.4 Å². The van der Waals surface area contributed by atoms with Gasteiger partial charge in [-0.2, -0.15) is 5.10 Å². The molecule has 0 heterocycles. The predicted molar refractivity (Wildman–Crippen MR) is 91.6 cm³/mol. The highest BCUT2D eigenvalue weighted by molar-refractivity contribution is 6.05. The average Bonchev–Trinajstić information content (AvgIpc) is 2.51. The number of hydrogen-bond acceptors (Lipinski definition) is 4. The number of hydrazone groups is 1. The van der Waals surface area contributed by atoms with Crippen molar-refractivity contribution in [3.8, 4) is 0 Å². The zero-order chi connectivity index (χ0) is 17.7. The number of rotatable bonds is 4. The van der Waals surface area contributed by atoms with Crippen molar-refractivity contribution in [1.82, 2.24) is 10.7 Å². The molecule has 1 fully saturated rings. The number of carbonyl (C=O) groups is 3. The summed E-state index contributed by atoms with van der Waals surface area (Å²) in [6, 6.07) is 7.96. The molecule has 0 saturated heterocycles. The van der Waals surface area contributed by atoms with Crippen LogP contribution in [0.25, 0.3) is 0 Å². The van der Waals surface area contributed by atoms with E-state index in [1.165, 1.54) is 0 Å². The second-order valence-corrected chi connectivity index (χ2v) is 6.95. The summed E-state index contributed by atoms with van der Waals surface area (Å²) < 4.78 is 0. The maximum absolute atomic E-state index is 12.1. The molecule has 1 aromatic carbocycles. The zero-order valence-corrected chi connectivity index (χ0v) is 14.3. The number of benzene rings is 1. The third-order valence-electron chi connectivity index (χ3n) is 3.86. The fourth-order valence-electron chi connectivity index (χ4n) is 2.75. The van der Waals surface area contributed by atoms with Crippen LogP contribution in [-0.2, 0) is 9.59 Å². The molecule has 0 aliphatic heterocycles. The molecule has 6 heteroatoms. The zero-order valence-electron chi connectivity index (χ0n) is 14.3. The highest BCUT2D eigenvalue weighted by Crippen LogP contribution is 2.31. The number of amides is 2. The van der Waals surface area contributed by atoms with Crippen LogP contribution in [0.2, 0.25) is 0 Å². The molecule has 0 unspecified atom stereocenters. The summed E-state index contributed by atoms with van der Waals surface area (Å²) in [6.45, 7) is 5.60. The third kappa shape index (κ3) is 5.01. The number of ketones is 1. The molecule has 1 aliphatic rings. The van der Waals surface area contributed by atoms with Crippen LogP contribution in [0.3, 0.4) is 0 Å². The van der Waals surface area contributed by atoms with Crippen molar-refractivity contribution in [2.75, 3.05) is 0 Å². The lowest BCUT2D eigenvalue weighted by atomic mass is 9.76. The van der Waals surface area contributed by atoms with Gasteiger partial charge >= 0.3 is 0 Å². The van der Waals surface area contributed by atoms with Gasteiger partial charge in [-0.25, -0.2) is 5.43 Å². The summed E-state index contributed by atoms with van der Waals surface area (Å²) in [4.78, 5) is 35.8. The second-order valence-electron chi connectivity index (χ2n) is 6.95. The number of carbonyl (C=O) groups excluding carboxylic acids is 3. The van der Waals surface area contributed by atoms with Crippen LogP contribution in [-0.4, -0.2) is 29.4 Å². The Morgan fingerprint density at radius 2 is 1.83 bits per heavy atom. The molecule has 2 amide bonds. The van der Waals surface area contributed by atoms with E-state index in [0.717, 1.165) is 0 Å². The van der Waals surface area contributed by atoms with Crippen LogP contribution in [0.4, 0.5) is 0 Å². The van der Waals surface area contributed by atoms with Crippen molar-refractivity contribution in [3.63, 3.8) is 0 Å². The highest BCUT2D eigenvalue weighted by Gasteiger charge is 2.30. The highest BCUT2D eigenvalue weighted by atomic mass is 16.2. The van der Waals surface area contributed by atoms with Gasteiger partial charge in [0.1, 0.15) is 11.8 Å². The number of nitrogens with zero attached hydrogens (tertiary/aromatic N) is 1. The van der Waals surface area contributed by atoms with E-state index in [4.69, 9.17) is 0 Å². The molecule has 2 rings (SSSR count). The van der Waals surface area contributed by atoms with E-state index in [9.17, 15) is 14.4 Å². The molecule has 6 nitrogen and oxygen atoms in total. The predicted octanol–water partition coefficient (Wildman–Crippen LogP) is 2.06. The lowest BCUT2D eigenvalue weighted by molar-refractivity contribution is -0.123. The summed E-state index contributed by atoms with van der Waals surface area (Å²) in [6.07, 6.45) is 1.47. The van der Waals surface area contributed by atoms with Gasteiger partial charge in [0, 0.05) is 24.1 Å². The molecule has 24 heavy (non-hydrogen) atoms. The van der Waals surface area contributed by atoms with Gasteiger partial charge in [0.25, 0.3) is 11.8 Å². The summed E-state index contributed by atoms with van der Waals surface area (Å²) in [5.41, 5.74) is 3.48. The summed E-state index contributed by atoms with van der Waals surface area (Å²) in [7, 11) is 0. The Hall–Kier alpha value is -2.50. The fraction of sp³-hybridized carbons (Fsp3) is 0.444. The number of hydrogen-bond donors (Lipinski definition) is 2. The first-order valence-electron chi connectivity index (χ1n) is 8.00. The van der Waals surface area contributed by atoms with E-state index in [2.05, 4.69) is 15.8 Å². The van der Waals surface area contributed by atoms with Gasteiger partial charge in [-0.15, -0.1) is 0 Å². The van der Waals surface area contributed by atoms with Crippen LogP contribution >= 0.6 is 0 Å². The topological polar surface area (TPSA) is 87.6 Å². The van der Waals surface area contributed by atoms with Crippen LogP contribution in [0.1, 0.15) is 50.4 Å². The first kappa shape index (κ1) is 17.8. The van der Waals surface area contributed by atoms with Crippen molar-refractivity contribution in [1.29, 1.82) is 0 Å². The first-order chi connectivity index (χ1) is 11.3. The number of Topliss-reactive ketones (excluding diaryl/α,β-unsaturated/α-hetero) is 1. The molecule has 1 saturated carbocycles. The van der Waals surface area contributed by atoms with E-state index in [1.807, 2.05) is 19.9 Å². The Morgan fingerprint density at radius 1 is 1.17 bits per heavy atom. The minimum atomic E-state index is -0.727. The van der Waals surface area contributed by atoms with E-state index < -0.39 is 11.9 Å². The van der Waals surface area contributed by atoms with Gasteiger partial charge in [0.05, 0.1) is 0 Å². The maximum Gasteiger partial charge on any atom is 0.262 e. The summed E-state index contributed by atoms with van der Waals surface area (Å²) in [5.74, 6) is -0.604. The summed E-state index contributed by atoms with van der Waals surface area (Å²) >= 11 is 0. The molecule has 1 aliphatic carbocycles. The Bertz CT molecular complexity index is 665. The monoisotopic (exact) mass is 329 g/mol. The van der Waals surface area contributed by atoms with Crippen LogP contribution in [0.5, 0.6) is 0 Å². The van der Waals surface area contributed by atoms with Crippen LogP contribution in [0.15, 0.2) is 35.4 Å². The van der Waals surface area contributed by atoms with E-state index in [0.29, 0.717) is 24.1 Å². The van der Waals surface area contributed by atoms with Gasteiger partial charge in [-0.05, 0) is 30.9 Å². The third-order valence-corrected chi connectivity index (χ3v) is 3.86. The van der Waals surface area contributed by atoms with Gasteiger partial charge in [0.2, 0.25) is 0 Å². The minimum absolute atomic E-state index is 0.129. The standard InChI is InChI=1S/C18H23N3O3/c1-12(19-17(24)13-7-5-4-6-8-13)16(23)21-20-14-9-15(22)11-18(2,3)10-14/h4-8,12H,9-11H2,1-3H3,(H,19,24)(H,21,23)/b20-14-/t12-/m0/s1. The molecule has 0 bridgehead atoms. The van der Waals surface area contributed by atoms with Crippen LogP contribution < -0.4 is 10.7 Å². The Balaban J connectivity index is 1.91. The van der Waals surface area contributed by atoms with E-state index in [-0.39, 0.29) is 23.5 Å². The Morgan fingerprint density at radius 3 is 2.46 bits per heavy atom. The fourth-order valence-corrected chi connectivity index (χ4v) is 2.75. The molecule has 128 valence electrons. The molecule has 0 radical (unpaired) electrons. The molecule has 1 atom stereocenters. The van der Waals surface area contributed by atoms with E-state index >= 15 is 0 Å². The van der Waals surface area contributed by atoms with Crippen molar-refractivity contribution in [2.45, 2.75) is 46.1 Å². The second kappa shape index (κ2) is 7.38. The number of nitrogens with one attached hydrogen (secondary N) is 2. The van der Waals surface area contributed by atoms with Gasteiger partial charge in [-0.3, -0.25) is 14.4 Å². The quantitative estimate of drug-likeness (QED) is 0.829. The molecular weight excluding hydrogens is 306 g/mol. The van der Waals surface area contributed by atoms with E-state index in [1.54, 1.807) is 31.2 Å². The van der Waals surface area contributed by atoms with Crippen molar-refractivity contribution >= 4 is 23.3 Å². The molecule has 0 aromatic heterocycles. The van der Waals surface area contributed by atoms with Crippen LogP contribution in [0, 0.1) is 5.41 Å². The largest absolute Gasteiger partial charge is 0.340 e. The normalized spacial score (nSPS) is 19.6. The van der Waals surface area contributed by atoms with Crippen molar-refractivity contribution in [3.05, 3.63) is 35.9 Å². The Labute approximate surface area is 141 Å². The molecule has 0 spiro atoms. The average molecular weight is 329 g/mol.